The quantitative estimate of drug-likeness (QED) is 0.598. The van der Waals surface area contributed by atoms with Gasteiger partial charge in [-0.05, 0) is 5.75 Å². The van der Waals surface area contributed by atoms with E-state index in [0.29, 0.717) is 5.56 Å². The number of thioether (sulfide) groups is 1. The molecule has 1 unspecified atom stereocenters. The number of hydrogen-bond acceptors (Lipinski definition) is 3. The summed E-state index contributed by atoms with van der Waals surface area (Å²) in [5, 5.41) is 9.42. The summed E-state index contributed by atoms with van der Waals surface area (Å²) in [5.74, 6) is 0.822. The normalized spacial score (nSPS) is 12.4. The maximum absolute atomic E-state index is 11.6. The number of benzene rings is 1. The van der Waals surface area contributed by atoms with E-state index in [2.05, 4.69) is 0 Å². The molecule has 0 aliphatic carbocycles. The van der Waals surface area contributed by atoms with Gasteiger partial charge in [-0.3, -0.25) is 4.79 Å². The highest BCUT2D eigenvalue weighted by molar-refractivity contribution is 7.99. The number of aliphatic hydroxyl groups is 1. The lowest BCUT2D eigenvalue weighted by atomic mass is 10.1. The summed E-state index contributed by atoms with van der Waals surface area (Å²) in [6, 6.07) is 9.06. The zero-order valence-corrected chi connectivity index (χ0v) is 8.96. The summed E-state index contributed by atoms with van der Waals surface area (Å²) in [7, 11) is 0. The lowest BCUT2D eigenvalue weighted by Gasteiger charge is -2.07. The minimum absolute atomic E-state index is 0.000880. The highest BCUT2D eigenvalue weighted by atomic mass is 32.2. The van der Waals surface area contributed by atoms with Crippen LogP contribution in [0.25, 0.3) is 0 Å². The molecule has 0 aliphatic rings. The van der Waals surface area contributed by atoms with Gasteiger partial charge in [0.1, 0.15) is 5.44 Å². The molecule has 1 aromatic carbocycles. The Morgan fingerprint density at radius 2 is 2.07 bits per heavy atom. The molecular weight excluding hydrogens is 196 g/mol. The van der Waals surface area contributed by atoms with Gasteiger partial charge < -0.3 is 5.11 Å². The smallest absolute Gasteiger partial charge is 0.166 e. The van der Waals surface area contributed by atoms with Gasteiger partial charge in [-0.25, -0.2) is 0 Å². The molecule has 0 bridgehead atoms. The Balaban J connectivity index is 2.51. The fourth-order valence-corrected chi connectivity index (χ4v) is 1.81. The van der Waals surface area contributed by atoms with Crippen LogP contribution in [0, 0.1) is 0 Å². The van der Waals surface area contributed by atoms with Crippen LogP contribution in [0.3, 0.4) is 0 Å². The van der Waals surface area contributed by atoms with Crippen molar-refractivity contribution in [2.24, 2.45) is 0 Å². The van der Waals surface area contributed by atoms with Crippen molar-refractivity contribution in [2.75, 3.05) is 5.75 Å². The second-order valence-electron chi connectivity index (χ2n) is 2.90. The van der Waals surface area contributed by atoms with Crippen LogP contribution in [-0.4, -0.2) is 22.1 Å². The zero-order valence-electron chi connectivity index (χ0n) is 8.14. The Bertz CT molecular complexity index is 285. The third-order valence-corrected chi connectivity index (χ3v) is 2.70. The van der Waals surface area contributed by atoms with Crippen LogP contribution >= 0.6 is 11.8 Å². The number of hydrogen-bond donors (Lipinski definition) is 1. The predicted molar refractivity (Wildman–Crippen MR) is 59.5 cm³/mol. The van der Waals surface area contributed by atoms with Crippen LogP contribution in [0.2, 0.25) is 0 Å². The number of aliphatic hydroxyl groups excluding tert-OH is 1. The highest BCUT2D eigenvalue weighted by Crippen LogP contribution is 2.14. The predicted octanol–water partition coefficient (Wildman–Crippen LogP) is 2.33. The van der Waals surface area contributed by atoms with Crippen molar-refractivity contribution in [1.29, 1.82) is 0 Å². The molecule has 76 valence electrons. The molecule has 2 nitrogen and oxygen atoms in total. The average molecular weight is 210 g/mol. The molecule has 0 spiro atoms. The van der Waals surface area contributed by atoms with Gasteiger partial charge in [0.15, 0.2) is 5.78 Å². The van der Waals surface area contributed by atoms with Crippen molar-refractivity contribution in [1.82, 2.24) is 0 Å². The standard InChI is InChI=1S/C11H14O2S/c1-2-14-11(13)8-10(12)9-6-4-3-5-7-9/h3-7,11,13H,2,8H2,1H3. The van der Waals surface area contributed by atoms with Crippen LogP contribution in [-0.2, 0) is 0 Å². The van der Waals surface area contributed by atoms with Gasteiger partial charge in [0.25, 0.3) is 0 Å². The average Bonchev–Trinajstić information content (AvgIpc) is 2.19. The van der Waals surface area contributed by atoms with Crippen molar-refractivity contribution in [3.8, 4) is 0 Å². The summed E-state index contributed by atoms with van der Waals surface area (Å²) in [5.41, 5.74) is 0.0935. The van der Waals surface area contributed by atoms with Gasteiger partial charge >= 0.3 is 0 Å². The molecule has 1 N–H and O–H groups in total. The Morgan fingerprint density at radius 3 is 2.64 bits per heavy atom. The van der Waals surface area contributed by atoms with E-state index < -0.39 is 5.44 Å². The molecule has 0 aliphatic heterocycles. The Kier molecular flexibility index (Phi) is 4.70. The SMILES string of the molecule is CCSC(O)CC(=O)c1ccccc1. The summed E-state index contributed by atoms with van der Waals surface area (Å²) in [6.07, 6.45) is 0.197. The van der Waals surface area contributed by atoms with E-state index in [9.17, 15) is 9.90 Å². The Hall–Kier alpha value is -0.800. The summed E-state index contributed by atoms with van der Waals surface area (Å²) in [6.45, 7) is 1.96. The largest absolute Gasteiger partial charge is 0.382 e. The molecule has 1 rings (SSSR count). The molecule has 3 heteroatoms. The van der Waals surface area contributed by atoms with Gasteiger partial charge in [0.05, 0.1) is 0 Å². The number of Topliss-reactive ketones (excluding diaryl/α,β-unsaturated/α-hetero) is 1. The van der Waals surface area contributed by atoms with E-state index in [4.69, 9.17) is 0 Å². The number of ketones is 1. The van der Waals surface area contributed by atoms with Crippen LogP contribution in [0.4, 0.5) is 0 Å². The van der Waals surface area contributed by atoms with Crippen LogP contribution < -0.4 is 0 Å². The highest BCUT2D eigenvalue weighted by Gasteiger charge is 2.11. The first-order valence-electron chi connectivity index (χ1n) is 4.62. The Labute approximate surface area is 88.3 Å². The van der Waals surface area contributed by atoms with Crippen LogP contribution in [0.1, 0.15) is 23.7 Å². The topological polar surface area (TPSA) is 37.3 Å². The van der Waals surface area contributed by atoms with Crippen molar-refractivity contribution in [2.45, 2.75) is 18.8 Å². The van der Waals surface area contributed by atoms with E-state index in [1.807, 2.05) is 25.1 Å². The fourth-order valence-electron chi connectivity index (χ4n) is 1.15. The number of carbonyl (C=O) groups is 1. The van der Waals surface area contributed by atoms with E-state index in [-0.39, 0.29) is 12.2 Å². The summed E-state index contributed by atoms with van der Waals surface area (Å²) in [4.78, 5) is 11.6. The maximum Gasteiger partial charge on any atom is 0.166 e. The zero-order chi connectivity index (χ0) is 10.4. The number of rotatable bonds is 5. The molecule has 0 heterocycles. The first kappa shape index (κ1) is 11.3. The first-order chi connectivity index (χ1) is 6.74. The molecule has 0 fully saturated rings. The van der Waals surface area contributed by atoms with E-state index in [1.165, 1.54) is 11.8 Å². The van der Waals surface area contributed by atoms with Gasteiger partial charge in [-0.2, -0.15) is 0 Å². The lowest BCUT2D eigenvalue weighted by molar-refractivity contribution is 0.0943. The summed E-state index contributed by atoms with van der Waals surface area (Å²) >= 11 is 1.39. The molecule has 0 saturated carbocycles. The molecule has 0 radical (unpaired) electrons. The fraction of sp³-hybridized carbons (Fsp3) is 0.364. The van der Waals surface area contributed by atoms with E-state index in [0.717, 1.165) is 5.75 Å². The molecule has 1 aromatic rings. The van der Waals surface area contributed by atoms with E-state index in [1.54, 1.807) is 12.1 Å². The maximum atomic E-state index is 11.6. The Morgan fingerprint density at radius 1 is 1.43 bits per heavy atom. The monoisotopic (exact) mass is 210 g/mol. The van der Waals surface area contributed by atoms with Crippen molar-refractivity contribution in [3.05, 3.63) is 35.9 Å². The molecular formula is C11H14O2S. The van der Waals surface area contributed by atoms with Crippen molar-refractivity contribution in [3.63, 3.8) is 0 Å². The van der Waals surface area contributed by atoms with Crippen LogP contribution in [0.5, 0.6) is 0 Å². The minimum Gasteiger partial charge on any atom is -0.382 e. The summed E-state index contributed by atoms with van der Waals surface area (Å²) < 4.78 is 0. The molecule has 1 atom stereocenters. The van der Waals surface area contributed by atoms with Crippen molar-refractivity contribution >= 4 is 17.5 Å². The molecule has 0 aromatic heterocycles. The van der Waals surface area contributed by atoms with Crippen LogP contribution in [0.15, 0.2) is 30.3 Å². The first-order valence-corrected chi connectivity index (χ1v) is 5.67. The van der Waals surface area contributed by atoms with E-state index >= 15 is 0 Å². The van der Waals surface area contributed by atoms with Gasteiger partial charge in [0.2, 0.25) is 0 Å². The second kappa shape index (κ2) is 5.83. The lowest BCUT2D eigenvalue weighted by Crippen LogP contribution is -2.10. The van der Waals surface area contributed by atoms with Crippen molar-refractivity contribution < 1.29 is 9.90 Å². The third-order valence-electron chi connectivity index (χ3n) is 1.81. The molecule has 14 heavy (non-hydrogen) atoms. The molecule has 0 saturated heterocycles. The minimum atomic E-state index is -0.576. The van der Waals surface area contributed by atoms with Gasteiger partial charge in [-0.1, -0.05) is 37.3 Å². The van der Waals surface area contributed by atoms with Gasteiger partial charge in [-0.15, -0.1) is 11.8 Å². The molecule has 0 amide bonds. The number of carbonyl (C=O) groups excluding carboxylic acids is 1. The second-order valence-corrected chi connectivity index (χ2v) is 4.36. The third kappa shape index (κ3) is 3.52. The van der Waals surface area contributed by atoms with Gasteiger partial charge in [0, 0.05) is 12.0 Å².